The highest BCUT2D eigenvalue weighted by atomic mass is 16.6. The zero-order valence-corrected chi connectivity index (χ0v) is 17.2. The van der Waals surface area contributed by atoms with Crippen molar-refractivity contribution in [2.75, 3.05) is 6.61 Å². The van der Waals surface area contributed by atoms with Gasteiger partial charge in [0.2, 0.25) is 0 Å². The second-order valence-electron chi connectivity index (χ2n) is 9.89. The number of hydrogen-bond donors (Lipinski definition) is 3. The number of ketones is 1. The highest BCUT2D eigenvalue weighted by Gasteiger charge is 2.82. The van der Waals surface area contributed by atoms with Crippen LogP contribution < -0.4 is 0 Å². The molecule has 2 fully saturated rings. The van der Waals surface area contributed by atoms with Crippen molar-refractivity contribution in [3.05, 3.63) is 23.3 Å². The van der Waals surface area contributed by atoms with E-state index in [2.05, 4.69) is 0 Å². The van der Waals surface area contributed by atoms with Crippen LogP contribution in [0.25, 0.3) is 0 Å². The lowest BCUT2D eigenvalue weighted by Crippen LogP contribution is -2.57. The molecule has 3 N–H and O–H groups in total. The molecular weight excluding hydrogens is 360 g/mol. The van der Waals surface area contributed by atoms with E-state index in [9.17, 15) is 24.9 Å². The minimum absolute atomic E-state index is 0.0161. The van der Waals surface area contributed by atoms with Crippen LogP contribution in [0.3, 0.4) is 0 Å². The summed E-state index contributed by atoms with van der Waals surface area (Å²) in [6, 6.07) is 0. The van der Waals surface area contributed by atoms with E-state index >= 15 is 0 Å². The summed E-state index contributed by atoms with van der Waals surface area (Å²) >= 11 is 0. The van der Waals surface area contributed by atoms with E-state index in [1.54, 1.807) is 13.0 Å². The zero-order chi connectivity index (χ0) is 20.9. The number of allylic oxidation sites excluding steroid dienone is 1. The van der Waals surface area contributed by atoms with Gasteiger partial charge >= 0.3 is 5.97 Å². The Morgan fingerprint density at radius 1 is 1.25 bits per heavy atom. The minimum Gasteiger partial charge on any atom is -0.458 e. The van der Waals surface area contributed by atoms with Crippen molar-refractivity contribution >= 4 is 11.8 Å². The number of aliphatic hydroxyl groups is 3. The van der Waals surface area contributed by atoms with Gasteiger partial charge in [0, 0.05) is 36.5 Å². The number of ether oxygens (including phenoxy) is 1. The lowest BCUT2D eigenvalue weighted by atomic mass is 9.62. The Balaban J connectivity index is 1.91. The fourth-order valence-corrected chi connectivity index (χ4v) is 6.71. The van der Waals surface area contributed by atoms with Gasteiger partial charge in [0.25, 0.3) is 0 Å². The van der Waals surface area contributed by atoms with Gasteiger partial charge in [-0.05, 0) is 23.5 Å². The maximum Gasteiger partial charge on any atom is 0.303 e. The van der Waals surface area contributed by atoms with Crippen LogP contribution in [0.5, 0.6) is 0 Å². The zero-order valence-electron chi connectivity index (χ0n) is 17.2. The molecule has 0 aromatic carbocycles. The average molecular weight is 390 g/mol. The summed E-state index contributed by atoms with van der Waals surface area (Å²) in [5.41, 5.74) is -3.40. The van der Waals surface area contributed by atoms with Crippen LogP contribution >= 0.6 is 0 Å². The first-order valence-electron chi connectivity index (χ1n) is 10.1. The summed E-state index contributed by atoms with van der Waals surface area (Å²) in [5.74, 6) is -2.17. The number of esters is 1. The third kappa shape index (κ3) is 2.09. The molecule has 2 saturated carbocycles. The molecule has 4 aliphatic rings. The van der Waals surface area contributed by atoms with Crippen molar-refractivity contribution in [1.29, 1.82) is 0 Å². The highest BCUT2D eigenvalue weighted by Crippen LogP contribution is 2.76. The standard InChI is InChI=1S/C22H30O6/c1-11-6-16-20(26,18(11)25)9-14(10-23)7-15-17-19(4,5)21(17,28-13(3)24)8-12(2)22(15,16)27/h6-7,11-12,15,17,23,26-27H,8-10H2,1-5H3/t11?,12-,15+,17-,20-,21+,22-/m1/s1. The minimum atomic E-state index is -1.80. The molecule has 0 saturated heterocycles. The maximum atomic E-state index is 12.8. The first-order chi connectivity index (χ1) is 12.9. The molecule has 0 spiro atoms. The summed E-state index contributed by atoms with van der Waals surface area (Å²) in [4.78, 5) is 24.7. The number of fused-ring (bicyclic) bond motifs is 5. The lowest BCUT2D eigenvalue weighted by Gasteiger charge is -2.48. The topological polar surface area (TPSA) is 104 Å². The first kappa shape index (κ1) is 19.8. The fourth-order valence-electron chi connectivity index (χ4n) is 6.71. The number of aliphatic hydroxyl groups excluding tert-OH is 1. The second-order valence-corrected chi connectivity index (χ2v) is 9.89. The quantitative estimate of drug-likeness (QED) is 0.488. The first-order valence-corrected chi connectivity index (χ1v) is 10.1. The van der Waals surface area contributed by atoms with Crippen molar-refractivity contribution in [2.24, 2.45) is 29.1 Å². The van der Waals surface area contributed by atoms with Crippen molar-refractivity contribution in [2.45, 2.75) is 64.3 Å². The summed E-state index contributed by atoms with van der Waals surface area (Å²) in [6.07, 6.45) is 3.96. The van der Waals surface area contributed by atoms with Crippen molar-refractivity contribution < 1.29 is 29.6 Å². The molecule has 0 aromatic rings. The molecule has 0 amide bonds. The van der Waals surface area contributed by atoms with E-state index in [1.807, 2.05) is 26.8 Å². The predicted molar refractivity (Wildman–Crippen MR) is 101 cm³/mol. The normalized spacial score (nSPS) is 48.5. The molecule has 28 heavy (non-hydrogen) atoms. The third-order valence-corrected chi connectivity index (χ3v) is 8.06. The van der Waals surface area contributed by atoms with Crippen LogP contribution in [0.15, 0.2) is 23.3 Å². The SMILES string of the molecule is CC(=O)O[C@@]12C[C@@H](C)[C@]3(O)C4=CC(C)C(=O)[C@@]4(O)CC(CO)=C[C@H]3[C@@H]1C2(C)C. The third-order valence-electron chi connectivity index (χ3n) is 8.06. The number of Topliss-reactive ketones (excluding diaryl/α,β-unsaturated/α-hetero) is 1. The Kier molecular flexibility index (Phi) is 3.93. The molecule has 4 rings (SSSR count). The van der Waals surface area contributed by atoms with Gasteiger partial charge in [-0.15, -0.1) is 0 Å². The van der Waals surface area contributed by atoms with Crippen LogP contribution in [0.2, 0.25) is 0 Å². The monoisotopic (exact) mass is 390 g/mol. The Bertz CT molecular complexity index is 825. The number of carbonyl (C=O) groups excluding carboxylic acids is 2. The van der Waals surface area contributed by atoms with Gasteiger partial charge in [-0.2, -0.15) is 0 Å². The number of rotatable bonds is 2. The predicted octanol–water partition coefficient (Wildman–Crippen LogP) is 1.53. The lowest BCUT2D eigenvalue weighted by molar-refractivity contribution is -0.162. The van der Waals surface area contributed by atoms with Crippen LogP contribution in [0.4, 0.5) is 0 Å². The average Bonchev–Trinajstić information content (AvgIpc) is 2.99. The smallest absolute Gasteiger partial charge is 0.303 e. The number of carbonyl (C=O) groups is 2. The summed E-state index contributed by atoms with van der Waals surface area (Å²) < 4.78 is 5.83. The molecule has 1 unspecified atom stereocenters. The Morgan fingerprint density at radius 3 is 2.46 bits per heavy atom. The van der Waals surface area contributed by atoms with Crippen molar-refractivity contribution in [3.8, 4) is 0 Å². The molecule has 4 aliphatic carbocycles. The number of hydrogen-bond acceptors (Lipinski definition) is 6. The maximum absolute atomic E-state index is 12.8. The van der Waals surface area contributed by atoms with Gasteiger partial charge in [0.1, 0.15) is 5.60 Å². The van der Waals surface area contributed by atoms with Gasteiger partial charge < -0.3 is 20.1 Å². The summed E-state index contributed by atoms with van der Waals surface area (Å²) in [7, 11) is 0. The highest BCUT2D eigenvalue weighted by molar-refractivity contribution is 5.98. The van der Waals surface area contributed by atoms with Crippen LogP contribution in [0.1, 0.15) is 47.5 Å². The molecule has 0 aromatic heterocycles. The Labute approximate surface area is 165 Å². The van der Waals surface area contributed by atoms with E-state index in [-0.39, 0.29) is 42.0 Å². The van der Waals surface area contributed by atoms with E-state index in [0.717, 1.165) is 0 Å². The molecule has 0 aliphatic heterocycles. The summed E-state index contributed by atoms with van der Waals surface area (Å²) in [5, 5.41) is 33.3. The largest absolute Gasteiger partial charge is 0.458 e. The van der Waals surface area contributed by atoms with E-state index in [4.69, 9.17) is 4.74 Å². The molecule has 0 radical (unpaired) electrons. The molecular formula is C22H30O6. The summed E-state index contributed by atoms with van der Waals surface area (Å²) in [6.45, 7) is 8.76. The van der Waals surface area contributed by atoms with E-state index < -0.39 is 28.6 Å². The van der Waals surface area contributed by atoms with Crippen LogP contribution in [-0.2, 0) is 14.3 Å². The van der Waals surface area contributed by atoms with Gasteiger partial charge in [-0.3, -0.25) is 9.59 Å². The second kappa shape index (κ2) is 5.55. The van der Waals surface area contributed by atoms with Crippen molar-refractivity contribution in [3.63, 3.8) is 0 Å². The molecule has 6 heteroatoms. The van der Waals surface area contributed by atoms with E-state index in [1.165, 1.54) is 6.92 Å². The molecule has 0 heterocycles. The van der Waals surface area contributed by atoms with Crippen molar-refractivity contribution in [1.82, 2.24) is 0 Å². The molecule has 154 valence electrons. The van der Waals surface area contributed by atoms with Gasteiger partial charge in [0.05, 0.1) is 12.2 Å². The van der Waals surface area contributed by atoms with Crippen LogP contribution in [0, 0.1) is 29.1 Å². The Hall–Kier alpha value is -1.50. The molecule has 0 bridgehead atoms. The molecule has 6 nitrogen and oxygen atoms in total. The van der Waals surface area contributed by atoms with Gasteiger partial charge in [-0.1, -0.05) is 39.8 Å². The van der Waals surface area contributed by atoms with Gasteiger partial charge in [0.15, 0.2) is 11.4 Å². The molecule has 7 atom stereocenters. The van der Waals surface area contributed by atoms with Crippen LogP contribution in [-0.4, -0.2) is 50.5 Å². The Morgan fingerprint density at radius 2 is 1.89 bits per heavy atom. The van der Waals surface area contributed by atoms with E-state index in [0.29, 0.717) is 17.6 Å². The fraction of sp³-hybridized carbons (Fsp3) is 0.727. The van der Waals surface area contributed by atoms with Gasteiger partial charge in [-0.25, -0.2) is 0 Å².